The van der Waals surface area contributed by atoms with Crippen molar-refractivity contribution in [1.29, 1.82) is 11.1 Å². The maximum absolute atomic E-state index is 6.42. The molecule has 1 aromatic rings. The molecule has 0 saturated heterocycles. The molecule has 0 amide bonds. The third kappa shape index (κ3) is 0.784. The highest BCUT2D eigenvalue weighted by Gasteiger charge is 2.05. The summed E-state index contributed by atoms with van der Waals surface area (Å²) in [6, 6.07) is 0. The van der Waals surface area contributed by atoms with E-state index in [0.717, 1.165) is 0 Å². The first-order chi connectivity index (χ1) is 4.38. The van der Waals surface area contributed by atoms with Crippen LogP contribution >= 0.6 is 0 Å². The lowest BCUT2D eigenvalue weighted by atomic mass is 10.7. The zero-order valence-electron chi connectivity index (χ0n) is 4.20. The predicted molar refractivity (Wildman–Crippen MR) is 23.9 cm³/mol. The quantitative estimate of drug-likeness (QED) is 0.583. The molecule has 0 atom stereocenters. The van der Waals surface area contributed by atoms with Crippen LogP contribution in [0.3, 0.4) is 0 Å². The van der Waals surface area contributed by atoms with Gasteiger partial charge in [-0.1, -0.05) is 5.10 Å². The Morgan fingerprint density at radius 3 is 2.56 bits per heavy atom. The van der Waals surface area contributed by atoms with E-state index in [0.29, 0.717) is 0 Å². The largest absolute Gasteiger partial charge is 0.317 e. The van der Waals surface area contributed by atoms with E-state index in [1.54, 1.807) is 0 Å². The highest BCUT2D eigenvalue weighted by molar-refractivity contribution is 5.44. The van der Waals surface area contributed by atoms with E-state index in [4.69, 9.17) is 11.1 Å². The molecule has 7 heteroatoms. The van der Waals surface area contributed by atoms with Crippen molar-refractivity contribution in [1.82, 2.24) is 10.4 Å². The molecule has 7 nitrogen and oxygen atoms in total. The first-order valence-electron chi connectivity index (χ1n) is 1.95. The van der Waals surface area contributed by atoms with Gasteiger partial charge in [0.1, 0.15) is 0 Å². The minimum atomic E-state index is -0.148. The second-order valence-corrected chi connectivity index (χ2v) is 1.13. The molecule has 1 heterocycles. The van der Waals surface area contributed by atoms with Crippen molar-refractivity contribution >= 4 is 11.7 Å². The molecule has 9 heavy (non-hydrogen) atoms. The maximum atomic E-state index is 6.42. The van der Waals surface area contributed by atoms with Gasteiger partial charge in [0.05, 0.1) is 0 Å². The second kappa shape index (κ2) is 2.07. The van der Waals surface area contributed by atoms with Crippen LogP contribution in [-0.4, -0.2) is 10.4 Å². The smallest absolute Gasteiger partial charge is 0.312 e. The average Bonchev–Trinajstić information content (AvgIpc) is 2.33. The van der Waals surface area contributed by atoms with Crippen molar-refractivity contribution in [3.8, 4) is 0 Å². The summed E-state index contributed by atoms with van der Waals surface area (Å²) in [6.07, 6.45) is 0. The Morgan fingerprint density at radius 2 is 2.11 bits per heavy atom. The molecule has 0 spiro atoms. The zero-order chi connectivity index (χ0) is 6.69. The topological polar surface area (TPSA) is 111 Å². The van der Waals surface area contributed by atoms with Crippen molar-refractivity contribution in [2.24, 2.45) is 10.2 Å². The van der Waals surface area contributed by atoms with Gasteiger partial charge in [0.15, 0.2) is 0 Å². The lowest BCUT2D eigenvalue weighted by molar-refractivity contribution is 0.398. The molecule has 0 aromatic carbocycles. The Labute approximate surface area is 49.1 Å². The average molecular weight is 126 g/mol. The van der Waals surface area contributed by atoms with Gasteiger partial charge in [-0.2, -0.15) is 0 Å². The number of nitrogens with one attached hydrogen (secondary N) is 2. The predicted octanol–water partition coefficient (Wildman–Crippen LogP) is 1.39. The Hall–Kier alpha value is -1.66. The number of hydrogen-bond acceptors (Lipinski definition) is 7. The number of hydrogen-bond donors (Lipinski definition) is 2. The van der Waals surface area contributed by atoms with Gasteiger partial charge in [-0.25, -0.2) is 11.1 Å². The monoisotopic (exact) mass is 126 g/mol. The summed E-state index contributed by atoms with van der Waals surface area (Å²) in [4.78, 5) is 0. The Morgan fingerprint density at radius 1 is 1.33 bits per heavy atom. The lowest BCUT2D eigenvalue weighted by Crippen LogP contribution is -1.60. The fourth-order valence-corrected chi connectivity index (χ4v) is 0.322. The van der Waals surface area contributed by atoms with Gasteiger partial charge in [-0.15, -0.1) is 10.2 Å². The summed E-state index contributed by atoms with van der Waals surface area (Å²) in [5.74, 6) is -0.227. The fourth-order valence-electron chi connectivity index (χ4n) is 0.322. The van der Waals surface area contributed by atoms with Gasteiger partial charge in [0.25, 0.3) is 5.82 Å². The molecule has 2 N–H and O–H groups in total. The highest BCUT2D eigenvalue weighted by atomic mass is 16.5. The van der Waals surface area contributed by atoms with Crippen molar-refractivity contribution in [3.63, 3.8) is 0 Å². The summed E-state index contributed by atoms with van der Waals surface area (Å²) in [7, 11) is 0. The molecule has 1 aromatic heterocycles. The van der Waals surface area contributed by atoms with Crippen LogP contribution in [0.1, 0.15) is 0 Å². The van der Waals surface area contributed by atoms with Gasteiger partial charge < -0.3 is 4.52 Å². The lowest BCUT2D eigenvalue weighted by Gasteiger charge is -1.74. The van der Waals surface area contributed by atoms with Gasteiger partial charge in [-0.05, 0) is 0 Å². The summed E-state index contributed by atoms with van der Waals surface area (Å²) >= 11 is 0. The molecule has 0 aliphatic heterocycles. The maximum Gasteiger partial charge on any atom is 0.317 e. The second-order valence-electron chi connectivity index (χ2n) is 1.13. The van der Waals surface area contributed by atoms with Crippen molar-refractivity contribution in [2.75, 3.05) is 0 Å². The normalized spacial score (nSPS) is 8.89. The molecule has 0 aliphatic carbocycles. The van der Waals surface area contributed by atoms with E-state index >= 15 is 0 Å². The third-order valence-electron chi connectivity index (χ3n) is 0.662. The molecule has 0 bridgehead atoms. The van der Waals surface area contributed by atoms with E-state index in [-0.39, 0.29) is 11.7 Å². The van der Waals surface area contributed by atoms with Crippen molar-refractivity contribution < 1.29 is 4.52 Å². The molecule has 0 unspecified atom stereocenters. The number of rotatable bonds is 2. The molecule has 0 saturated carbocycles. The number of nitrogens with zero attached hydrogens (tertiary/aromatic N) is 4. The van der Waals surface area contributed by atoms with Crippen LogP contribution in [0, 0.1) is 11.1 Å². The van der Waals surface area contributed by atoms with E-state index < -0.39 is 0 Å². The number of aromatic nitrogens is 2. The van der Waals surface area contributed by atoms with Crippen LogP contribution in [0.2, 0.25) is 0 Å². The SMILES string of the molecule is N=Nc1nnoc1N=N. The van der Waals surface area contributed by atoms with Gasteiger partial charge >= 0.3 is 5.88 Å². The van der Waals surface area contributed by atoms with Crippen LogP contribution in [0.15, 0.2) is 14.8 Å². The minimum absolute atomic E-state index is 0.0787. The van der Waals surface area contributed by atoms with Crippen LogP contribution in [0.5, 0.6) is 0 Å². The van der Waals surface area contributed by atoms with E-state index in [9.17, 15) is 0 Å². The van der Waals surface area contributed by atoms with Crippen LogP contribution in [-0.2, 0) is 0 Å². The zero-order valence-corrected chi connectivity index (χ0v) is 4.20. The highest BCUT2D eigenvalue weighted by Crippen LogP contribution is 2.22. The Kier molecular flexibility index (Phi) is 1.26. The molecule has 0 fully saturated rings. The molecule has 46 valence electrons. The first kappa shape index (κ1) is 5.48. The molecular weight excluding hydrogens is 124 g/mol. The van der Waals surface area contributed by atoms with E-state index in [1.165, 1.54) is 0 Å². The van der Waals surface area contributed by atoms with Crippen LogP contribution in [0.25, 0.3) is 0 Å². The fraction of sp³-hybridized carbons (Fsp3) is 0. The summed E-state index contributed by atoms with van der Waals surface area (Å²) in [5.41, 5.74) is 12.8. The third-order valence-corrected chi connectivity index (χ3v) is 0.662. The Balaban J connectivity index is 3.12. The summed E-state index contributed by atoms with van der Waals surface area (Å²) < 4.78 is 4.28. The van der Waals surface area contributed by atoms with Gasteiger partial charge in [0, 0.05) is 5.27 Å². The molecule has 0 aliphatic rings. The van der Waals surface area contributed by atoms with Gasteiger partial charge in [0.2, 0.25) is 0 Å². The molecule has 0 radical (unpaired) electrons. The van der Waals surface area contributed by atoms with E-state index in [2.05, 4.69) is 25.1 Å². The van der Waals surface area contributed by atoms with Crippen LogP contribution in [0.4, 0.5) is 11.7 Å². The standard InChI is InChI=1S/C2H2N6O/c3-5-1-2(6-4)9-8-7-1/h3-4H. The van der Waals surface area contributed by atoms with E-state index in [1.807, 2.05) is 0 Å². The minimum Gasteiger partial charge on any atom is -0.312 e. The Bertz CT molecular complexity index is 204. The van der Waals surface area contributed by atoms with Crippen LogP contribution < -0.4 is 0 Å². The summed E-state index contributed by atoms with van der Waals surface area (Å²) in [6.45, 7) is 0. The molecular formula is C2H2N6O. The van der Waals surface area contributed by atoms with Crippen molar-refractivity contribution in [3.05, 3.63) is 0 Å². The van der Waals surface area contributed by atoms with Gasteiger partial charge in [-0.3, -0.25) is 0 Å². The summed E-state index contributed by atoms with van der Waals surface area (Å²) in [5, 5.41) is 11.9. The first-order valence-corrected chi connectivity index (χ1v) is 1.95. The molecule has 1 rings (SSSR count). The van der Waals surface area contributed by atoms with Crippen molar-refractivity contribution in [2.45, 2.75) is 0 Å².